The Kier molecular flexibility index (Phi) is 4.80. The Labute approximate surface area is 116 Å². The molecule has 0 amide bonds. The van der Waals surface area contributed by atoms with Gasteiger partial charge >= 0.3 is 5.97 Å². The van der Waals surface area contributed by atoms with Crippen molar-refractivity contribution >= 4 is 46.3 Å². The quantitative estimate of drug-likeness (QED) is 0.447. The SMILES string of the molecule is CC(=O)OOc1cccc2ccccc12.[Na]. The molecule has 4 heteroatoms. The van der Waals surface area contributed by atoms with E-state index in [1.807, 2.05) is 36.4 Å². The normalized spacial score (nSPS) is 9.31. The first-order valence-corrected chi connectivity index (χ1v) is 4.60. The van der Waals surface area contributed by atoms with E-state index in [0.717, 1.165) is 10.8 Å². The molecule has 2 aromatic rings. The summed E-state index contributed by atoms with van der Waals surface area (Å²) in [5, 5.41) is 1.96. The Morgan fingerprint density at radius 1 is 1.06 bits per heavy atom. The summed E-state index contributed by atoms with van der Waals surface area (Å²) in [4.78, 5) is 20.0. The summed E-state index contributed by atoms with van der Waals surface area (Å²) in [6.07, 6.45) is 0. The standard InChI is InChI=1S/C12H10O3.Na/c1-9(13)14-15-12-8-4-6-10-5-2-3-7-11(10)12;/h2-8H,1H3;. The largest absolute Gasteiger partial charge is 0.352 e. The third-order valence-corrected chi connectivity index (χ3v) is 2.00. The van der Waals surface area contributed by atoms with Gasteiger partial charge in [0.1, 0.15) is 0 Å². The maximum Gasteiger partial charge on any atom is 0.352 e. The molecule has 77 valence electrons. The second-order valence-electron chi connectivity index (χ2n) is 3.14. The fraction of sp³-hybridized carbons (Fsp3) is 0.0833. The van der Waals surface area contributed by atoms with Crippen molar-refractivity contribution in [1.29, 1.82) is 0 Å². The molecule has 3 nitrogen and oxygen atoms in total. The van der Waals surface area contributed by atoms with Crippen LogP contribution in [-0.4, -0.2) is 35.5 Å². The van der Waals surface area contributed by atoms with Crippen LogP contribution < -0.4 is 4.89 Å². The van der Waals surface area contributed by atoms with Gasteiger partial charge in [-0.15, -0.1) is 0 Å². The molecule has 0 saturated heterocycles. The van der Waals surface area contributed by atoms with Crippen molar-refractivity contribution < 1.29 is 14.6 Å². The van der Waals surface area contributed by atoms with Gasteiger partial charge in [0.05, 0.1) is 0 Å². The van der Waals surface area contributed by atoms with E-state index in [1.54, 1.807) is 6.07 Å². The topological polar surface area (TPSA) is 35.5 Å². The van der Waals surface area contributed by atoms with Crippen molar-refractivity contribution in [2.75, 3.05) is 0 Å². The van der Waals surface area contributed by atoms with E-state index in [0.29, 0.717) is 5.75 Å². The van der Waals surface area contributed by atoms with Gasteiger partial charge in [-0.25, -0.2) is 4.79 Å². The van der Waals surface area contributed by atoms with Gasteiger partial charge in [0.15, 0.2) is 5.75 Å². The minimum atomic E-state index is -0.470. The number of rotatable bonds is 2. The molecular weight excluding hydrogens is 215 g/mol. The smallest absolute Gasteiger partial charge is 0.286 e. The van der Waals surface area contributed by atoms with Crippen LogP contribution in [0.1, 0.15) is 6.92 Å². The molecule has 0 aromatic heterocycles. The average molecular weight is 225 g/mol. The van der Waals surface area contributed by atoms with Crippen LogP contribution in [0.3, 0.4) is 0 Å². The van der Waals surface area contributed by atoms with Gasteiger partial charge in [0, 0.05) is 41.9 Å². The van der Waals surface area contributed by atoms with Gasteiger partial charge in [-0.1, -0.05) is 36.4 Å². The van der Waals surface area contributed by atoms with Gasteiger partial charge in [0.25, 0.3) is 0 Å². The van der Waals surface area contributed by atoms with Crippen molar-refractivity contribution in [2.45, 2.75) is 6.92 Å². The van der Waals surface area contributed by atoms with Crippen LogP contribution in [0.4, 0.5) is 0 Å². The van der Waals surface area contributed by atoms with Gasteiger partial charge in [-0.05, 0) is 11.5 Å². The summed E-state index contributed by atoms with van der Waals surface area (Å²) in [7, 11) is 0. The first kappa shape index (κ1) is 13.0. The van der Waals surface area contributed by atoms with Crippen molar-refractivity contribution in [2.24, 2.45) is 0 Å². The van der Waals surface area contributed by atoms with E-state index in [-0.39, 0.29) is 29.6 Å². The number of carbonyl (C=O) groups excluding carboxylic acids is 1. The molecule has 0 fully saturated rings. The van der Waals surface area contributed by atoms with Crippen LogP contribution >= 0.6 is 0 Å². The van der Waals surface area contributed by atoms with E-state index >= 15 is 0 Å². The first-order chi connectivity index (χ1) is 7.27. The van der Waals surface area contributed by atoms with Crippen molar-refractivity contribution in [3.8, 4) is 5.75 Å². The van der Waals surface area contributed by atoms with Gasteiger partial charge in [-0.3, -0.25) is 9.78 Å². The Bertz CT molecular complexity index is 491. The maximum absolute atomic E-state index is 10.6. The number of benzene rings is 2. The van der Waals surface area contributed by atoms with E-state index in [2.05, 4.69) is 4.89 Å². The number of carbonyl (C=O) groups is 1. The minimum Gasteiger partial charge on any atom is -0.286 e. The number of hydrogen-bond donors (Lipinski definition) is 0. The Hall–Kier alpha value is -1.03. The molecule has 0 aliphatic carbocycles. The zero-order valence-electron chi connectivity index (χ0n) is 9.27. The van der Waals surface area contributed by atoms with Gasteiger partial charge in [0.2, 0.25) is 0 Å². The summed E-state index contributed by atoms with van der Waals surface area (Å²) in [6, 6.07) is 13.3. The molecule has 0 heterocycles. The summed E-state index contributed by atoms with van der Waals surface area (Å²) >= 11 is 0. The molecule has 0 spiro atoms. The molecular formula is C12H10NaO3. The Balaban J connectivity index is 0.00000128. The van der Waals surface area contributed by atoms with Crippen molar-refractivity contribution in [3.63, 3.8) is 0 Å². The van der Waals surface area contributed by atoms with Crippen LogP contribution in [0.5, 0.6) is 5.75 Å². The molecule has 0 saturated carbocycles. The van der Waals surface area contributed by atoms with E-state index in [1.165, 1.54) is 6.92 Å². The maximum atomic E-state index is 10.6. The summed E-state index contributed by atoms with van der Waals surface area (Å²) in [5.41, 5.74) is 0. The van der Waals surface area contributed by atoms with Crippen LogP contribution in [0.25, 0.3) is 10.8 Å². The molecule has 0 N–H and O–H groups in total. The third-order valence-electron chi connectivity index (χ3n) is 2.00. The third kappa shape index (κ3) is 2.98. The van der Waals surface area contributed by atoms with Gasteiger partial charge < -0.3 is 0 Å². The molecule has 0 atom stereocenters. The minimum absolute atomic E-state index is 0. The second kappa shape index (κ2) is 5.89. The number of hydrogen-bond acceptors (Lipinski definition) is 3. The molecule has 16 heavy (non-hydrogen) atoms. The zero-order valence-corrected chi connectivity index (χ0v) is 11.3. The second-order valence-corrected chi connectivity index (χ2v) is 3.14. The van der Waals surface area contributed by atoms with Crippen LogP contribution in [0, 0.1) is 0 Å². The molecule has 0 aliphatic heterocycles. The van der Waals surface area contributed by atoms with Crippen molar-refractivity contribution in [3.05, 3.63) is 42.5 Å². The zero-order chi connectivity index (χ0) is 10.7. The van der Waals surface area contributed by atoms with E-state index in [4.69, 9.17) is 4.89 Å². The van der Waals surface area contributed by atoms with E-state index in [9.17, 15) is 4.79 Å². The molecule has 2 aromatic carbocycles. The van der Waals surface area contributed by atoms with Crippen LogP contribution in [0.2, 0.25) is 0 Å². The van der Waals surface area contributed by atoms with Crippen LogP contribution in [-0.2, 0) is 9.68 Å². The average Bonchev–Trinajstić information content (AvgIpc) is 2.26. The summed E-state index contributed by atoms with van der Waals surface area (Å²) in [5.74, 6) is 0.0752. The summed E-state index contributed by atoms with van der Waals surface area (Å²) in [6.45, 7) is 1.30. The number of fused-ring (bicyclic) bond motifs is 1. The monoisotopic (exact) mass is 225 g/mol. The Morgan fingerprint density at radius 3 is 2.50 bits per heavy atom. The molecule has 1 radical (unpaired) electrons. The fourth-order valence-corrected chi connectivity index (χ4v) is 1.37. The predicted molar refractivity (Wildman–Crippen MR) is 62.1 cm³/mol. The summed E-state index contributed by atoms with van der Waals surface area (Å²) < 4.78 is 0. The van der Waals surface area contributed by atoms with Crippen molar-refractivity contribution in [1.82, 2.24) is 0 Å². The fourth-order valence-electron chi connectivity index (χ4n) is 1.37. The van der Waals surface area contributed by atoms with Crippen LogP contribution in [0.15, 0.2) is 42.5 Å². The first-order valence-electron chi connectivity index (χ1n) is 4.60. The molecule has 2 rings (SSSR count). The molecule has 0 unspecified atom stereocenters. The van der Waals surface area contributed by atoms with Gasteiger partial charge in [-0.2, -0.15) is 0 Å². The predicted octanol–water partition coefficient (Wildman–Crippen LogP) is 2.32. The molecule has 0 aliphatic rings. The van der Waals surface area contributed by atoms with E-state index < -0.39 is 5.97 Å². The molecule has 0 bridgehead atoms. The Morgan fingerprint density at radius 2 is 1.75 bits per heavy atom.